The molecule has 1 aliphatic heterocycles. The monoisotopic (exact) mass is 295 g/mol. The van der Waals surface area contributed by atoms with Crippen LogP contribution in [-0.4, -0.2) is 43.5 Å². The maximum atomic E-state index is 12.2. The van der Waals surface area contributed by atoms with Crippen molar-refractivity contribution in [2.24, 2.45) is 5.92 Å². The highest BCUT2D eigenvalue weighted by Crippen LogP contribution is 2.22. The van der Waals surface area contributed by atoms with Crippen LogP contribution in [0.1, 0.15) is 31.9 Å². The molecule has 112 valence electrons. The van der Waals surface area contributed by atoms with Crippen molar-refractivity contribution in [2.75, 3.05) is 32.7 Å². The lowest BCUT2D eigenvalue weighted by Gasteiger charge is -2.29. The largest absolute Gasteiger partial charge is 0.354 e. The molecule has 2 heterocycles. The van der Waals surface area contributed by atoms with Crippen LogP contribution in [0.2, 0.25) is 0 Å². The molecule has 1 fully saturated rings. The van der Waals surface area contributed by atoms with Gasteiger partial charge < -0.3 is 10.6 Å². The number of carbonyl (C=O) groups excluding carboxylic acids is 1. The molecule has 0 radical (unpaired) electrons. The molecule has 0 spiro atoms. The summed E-state index contributed by atoms with van der Waals surface area (Å²) in [6, 6.07) is 2.45. The van der Waals surface area contributed by atoms with Gasteiger partial charge in [0.05, 0.1) is 12.0 Å². The van der Waals surface area contributed by atoms with Gasteiger partial charge in [0.25, 0.3) is 0 Å². The summed E-state index contributed by atoms with van der Waals surface area (Å²) in [5.74, 6) is 0.345. The summed E-state index contributed by atoms with van der Waals surface area (Å²) in [5.41, 5.74) is 1.31. The van der Waals surface area contributed by atoms with E-state index in [2.05, 4.69) is 46.2 Å². The summed E-state index contributed by atoms with van der Waals surface area (Å²) in [5, 5.41) is 10.7. The highest BCUT2D eigenvalue weighted by atomic mass is 32.1. The fraction of sp³-hybridized carbons (Fsp3) is 0.667. The van der Waals surface area contributed by atoms with Gasteiger partial charge in [0, 0.05) is 13.1 Å². The summed E-state index contributed by atoms with van der Waals surface area (Å²) in [6.07, 6.45) is 0.959. The van der Waals surface area contributed by atoms with Crippen LogP contribution in [0, 0.1) is 5.92 Å². The lowest BCUT2D eigenvalue weighted by atomic mass is 10.1. The molecule has 2 rings (SSSR count). The summed E-state index contributed by atoms with van der Waals surface area (Å²) in [6.45, 7) is 8.82. The van der Waals surface area contributed by atoms with Crippen LogP contribution in [0.4, 0.5) is 0 Å². The van der Waals surface area contributed by atoms with E-state index >= 15 is 0 Å². The Labute approximate surface area is 125 Å². The van der Waals surface area contributed by atoms with Crippen molar-refractivity contribution in [1.82, 2.24) is 15.5 Å². The lowest BCUT2D eigenvalue weighted by Crippen LogP contribution is -2.40. The molecule has 0 saturated carbocycles. The molecule has 2 unspecified atom stereocenters. The Hall–Kier alpha value is -0.910. The van der Waals surface area contributed by atoms with Crippen molar-refractivity contribution in [3.63, 3.8) is 0 Å². The van der Waals surface area contributed by atoms with Crippen LogP contribution in [-0.2, 0) is 4.79 Å². The van der Waals surface area contributed by atoms with Gasteiger partial charge in [-0.15, -0.1) is 0 Å². The van der Waals surface area contributed by atoms with Gasteiger partial charge in [-0.3, -0.25) is 9.69 Å². The fourth-order valence-electron chi connectivity index (χ4n) is 2.81. The van der Waals surface area contributed by atoms with E-state index in [9.17, 15) is 4.79 Å². The second-order valence-electron chi connectivity index (χ2n) is 5.23. The van der Waals surface area contributed by atoms with Crippen LogP contribution in [0.5, 0.6) is 0 Å². The lowest BCUT2D eigenvalue weighted by molar-refractivity contribution is -0.124. The highest BCUT2D eigenvalue weighted by Gasteiger charge is 2.24. The Kier molecular flexibility index (Phi) is 6.01. The third-order valence-electron chi connectivity index (χ3n) is 4.08. The van der Waals surface area contributed by atoms with Crippen LogP contribution in [0.3, 0.4) is 0 Å². The van der Waals surface area contributed by atoms with Crippen molar-refractivity contribution < 1.29 is 4.79 Å². The number of carbonyl (C=O) groups is 1. The van der Waals surface area contributed by atoms with Gasteiger partial charge in [-0.1, -0.05) is 13.8 Å². The number of hydrogen-bond donors (Lipinski definition) is 2. The molecule has 0 aromatic carbocycles. The first kappa shape index (κ1) is 15.5. The Bertz CT molecular complexity index is 397. The summed E-state index contributed by atoms with van der Waals surface area (Å²) in [4.78, 5) is 14.5. The average molecular weight is 295 g/mol. The quantitative estimate of drug-likeness (QED) is 0.807. The van der Waals surface area contributed by atoms with Crippen molar-refractivity contribution in [1.29, 1.82) is 0 Å². The van der Waals surface area contributed by atoms with E-state index in [0.717, 1.165) is 32.6 Å². The van der Waals surface area contributed by atoms with Crippen LogP contribution in [0.25, 0.3) is 0 Å². The fourth-order valence-corrected chi connectivity index (χ4v) is 3.51. The minimum Gasteiger partial charge on any atom is -0.354 e. The van der Waals surface area contributed by atoms with E-state index in [1.807, 2.05) is 0 Å². The molecule has 1 aliphatic rings. The van der Waals surface area contributed by atoms with E-state index < -0.39 is 0 Å². The maximum absolute atomic E-state index is 12.2. The smallest absolute Gasteiger partial charge is 0.224 e. The van der Waals surface area contributed by atoms with E-state index in [1.54, 1.807) is 11.3 Å². The Morgan fingerprint density at radius 1 is 1.55 bits per heavy atom. The first-order chi connectivity index (χ1) is 9.76. The molecular weight excluding hydrogens is 270 g/mol. The van der Waals surface area contributed by atoms with Crippen molar-refractivity contribution in [3.8, 4) is 0 Å². The zero-order chi connectivity index (χ0) is 14.4. The molecular formula is C15H25N3OS. The average Bonchev–Trinajstić information content (AvgIpc) is 3.15. The second-order valence-corrected chi connectivity index (χ2v) is 6.01. The number of nitrogens with one attached hydrogen (secondary N) is 2. The van der Waals surface area contributed by atoms with Crippen LogP contribution < -0.4 is 10.6 Å². The Morgan fingerprint density at radius 2 is 2.35 bits per heavy atom. The van der Waals surface area contributed by atoms with Gasteiger partial charge in [-0.2, -0.15) is 11.3 Å². The third-order valence-corrected chi connectivity index (χ3v) is 4.78. The predicted molar refractivity (Wildman–Crippen MR) is 84.0 cm³/mol. The molecule has 4 nitrogen and oxygen atoms in total. The SMILES string of the molecule is CCN(CC)C(CNC(=O)C1CCNC1)c1ccsc1. The molecule has 20 heavy (non-hydrogen) atoms. The normalized spacial score (nSPS) is 20.2. The molecule has 1 saturated heterocycles. The zero-order valence-corrected chi connectivity index (χ0v) is 13.2. The molecule has 1 aromatic rings. The number of nitrogens with zero attached hydrogens (tertiary/aromatic N) is 1. The van der Waals surface area contributed by atoms with Crippen LogP contribution >= 0.6 is 11.3 Å². The van der Waals surface area contributed by atoms with Gasteiger partial charge in [-0.05, 0) is 48.4 Å². The first-order valence-electron chi connectivity index (χ1n) is 7.50. The molecule has 2 atom stereocenters. The second kappa shape index (κ2) is 7.76. The number of hydrogen-bond acceptors (Lipinski definition) is 4. The number of amides is 1. The molecule has 5 heteroatoms. The number of rotatable bonds is 7. The topological polar surface area (TPSA) is 44.4 Å². The molecule has 2 N–H and O–H groups in total. The van der Waals surface area contributed by atoms with E-state index in [-0.39, 0.29) is 17.9 Å². The van der Waals surface area contributed by atoms with Gasteiger partial charge >= 0.3 is 0 Å². The van der Waals surface area contributed by atoms with Crippen LogP contribution in [0.15, 0.2) is 16.8 Å². The Morgan fingerprint density at radius 3 is 2.90 bits per heavy atom. The minimum atomic E-state index is 0.148. The van der Waals surface area contributed by atoms with Crippen molar-refractivity contribution >= 4 is 17.2 Å². The van der Waals surface area contributed by atoms with Gasteiger partial charge in [0.1, 0.15) is 0 Å². The Balaban J connectivity index is 1.95. The highest BCUT2D eigenvalue weighted by molar-refractivity contribution is 7.07. The van der Waals surface area contributed by atoms with E-state index in [0.29, 0.717) is 6.54 Å². The van der Waals surface area contributed by atoms with Crippen molar-refractivity contribution in [3.05, 3.63) is 22.4 Å². The van der Waals surface area contributed by atoms with Crippen molar-refractivity contribution in [2.45, 2.75) is 26.3 Å². The molecule has 0 aliphatic carbocycles. The summed E-state index contributed by atoms with van der Waals surface area (Å²) < 4.78 is 0. The van der Waals surface area contributed by atoms with E-state index in [4.69, 9.17) is 0 Å². The van der Waals surface area contributed by atoms with E-state index in [1.165, 1.54) is 5.56 Å². The zero-order valence-electron chi connectivity index (χ0n) is 12.4. The maximum Gasteiger partial charge on any atom is 0.224 e. The minimum absolute atomic E-state index is 0.148. The standard InChI is InChI=1S/C15H25N3OS/c1-3-18(4-2)14(13-6-8-20-11-13)10-17-15(19)12-5-7-16-9-12/h6,8,11-12,14,16H,3-5,7,9-10H2,1-2H3,(H,17,19). The summed E-state index contributed by atoms with van der Waals surface area (Å²) in [7, 11) is 0. The number of thiophene rings is 1. The molecule has 1 aromatic heterocycles. The predicted octanol–water partition coefficient (Wildman–Crippen LogP) is 1.86. The number of likely N-dealkylation sites (N-methyl/N-ethyl adjacent to an activating group) is 1. The summed E-state index contributed by atoms with van der Waals surface area (Å²) >= 11 is 1.72. The van der Waals surface area contributed by atoms with Gasteiger partial charge in [0.15, 0.2) is 0 Å². The molecule has 1 amide bonds. The van der Waals surface area contributed by atoms with Gasteiger partial charge in [0.2, 0.25) is 5.91 Å². The van der Waals surface area contributed by atoms with Gasteiger partial charge in [-0.25, -0.2) is 0 Å². The third kappa shape index (κ3) is 3.81. The molecule has 0 bridgehead atoms. The first-order valence-corrected chi connectivity index (χ1v) is 8.45.